The normalized spacial score (nSPS) is 11.2. The lowest BCUT2D eigenvalue weighted by Crippen LogP contribution is -1.93. The molecule has 2 rings (SSSR count). The standard InChI is InChI=1S/C16H15N/c1-3-14-9-7-8-12-16(14)17-13(2)15-10-5-4-6-11-15/h3-12H,1H2,2H3/b17-13+. The van der Waals surface area contributed by atoms with Gasteiger partial charge in [-0.2, -0.15) is 0 Å². The van der Waals surface area contributed by atoms with E-state index in [4.69, 9.17) is 0 Å². The monoisotopic (exact) mass is 221 g/mol. The van der Waals surface area contributed by atoms with Crippen molar-refractivity contribution >= 4 is 17.5 Å². The molecule has 0 radical (unpaired) electrons. The molecule has 2 aromatic carbocycles. The van der Waals surface area contributed by atoms with Gasteiger partial charge in [-0.15, -0.1) is 0 Å². The molecule has 84 valence electrons. The summed E-state index contributed by atoms with van der Waals surface area (Å²) in [7, 11) is 0. The van der Waals surface area contributed by atoms with Crippen molar-refractivity contribution in [3.05, 3.63) is 72.3 Å². The molecule has 0 aromatic heterocycles. The van der Waals surface area contributed by atoms with Gasteiger partial charge in [0.15, 0.2) is 0 Å². The number of benzene rings is 2. The molecule has 17 heavy (non-hydrogen) atoms. The summed E-state index contributed by atoms with van der Waals surface area (Å²) in [6.45, 7) is 5.83. The molecule has 0 saturated carbocycles. The van der Waals surface area contributed by atoms with Crippen LogP contribution in [0.15, 0.2) is 66.2 Å². The van der Waals surface area contributed by atoms with E-state index < -0.39 is 0 Å². The Bertz CT molecular complexity index is 538. The van der Waals surface area contributed by atoms with E-state index in [2.05, 4.69) is 23.7 Å². The largest absolute Gasteiger partial charge is 0.253 e. The fourth-order valence-electron chi connectivity index (χ4n) is 1.69. The smallest absolute Gasteiger partial charge is 0.0705 e. The van der Waals surface area contributed by atoms with Crippen LogP contribution in [0.5, 0.6) is 0 Å². The molecule has 0 saturated heterocycles. The van der Waals surface area contributed by atoms with Crippen LogP contribution in [0.3, 0.4) is 0 Å². The van der Waals surface area contributed by atoms with Crippen LogP contribution in [-0.2, 0) is 0 Å². The van der Waals surface area contributed by atoms with Crippen molar-refractivity contribution in [1.82, 2.24) is 0 Å². The summed E-state index contributed by atoms with van der Waals surface area (Å²) in [5, 5.41) is 0. The number of aliphatic imine (C=N–C) groups is 1. The highest BCUT2D eigenvalue weighted by molar-refractivity contribution is 6.00. The van der Waals surface area contributed by atoms with Crippen molar-refractivity contribution in [2.45, 2.75) is 6.92 Å². The molecule has 0 spiro atoms. The average Bonchev–Trinajstić information content (AvgIpc) is 2.40. The van der Waals surface area contributed by atoms with E-state index in [9.17, 15) is 0 Å². The number of rotatable bonds is 3. The fourth-order valence-corrected chi connectivity index (χ4v) is 1.69. The van der Waals surface area contributed by atoms with Crippen LogP contribution in [0.2, 0.25) is 0 Å². The van der Waals surface area contributed by atoms with Crippen LogP contribution in [0.4, 0.5) is 5.69 Å². The zero-order valence-electron chi connectivity index (χ0n) is 9.93. The topological polar surface area (TPSA) is 12.4 Å². The third kappa shape index (κ3) is 2.70. The van der Waals surface area contributed by atoms with Crippen LogP contribution in [0.1, 0.15) is 18.1 Å². The summed E-state index contributed by atoms with van der Waals surface area (Å²) < 4.78 is 0. The average molecular weight is 221 g/mol. The lowest BCUT2D eigenvalue weighted by molar-refractivity contribution is 1.46. The third-order valence-electron chi connectivity index (χ3n) is 2.64. The minimum absolute atomic E-state index is 0.962. The minimum Gasteiger partial charge on any atom is -0.253 e. The molecule has 1 nitrogen and oxygen atoms in total. The highest BCUT2D eigenvalue weighted by atomic mass is 14.7. The molecule has 0 fully saturated rings. The first-order chi connectivity index (χ1) is 8.31. The Morgan fingerprint density at radius 1 is 1.00 bits per heavy atom. The fraction of sp³-hybridized carbons (Fsp3) is 0.0625. The number of hydrogen-bond donors (Lipinski definition) is 0. The molecule has 0 amide bonds. The minimum atomic E-state index is 0.962. The molecule has 0 unspecified atom stereocenters. The second kappa shape index (κ2) is 5.26. The van der Waals surface area contributed by atoms with Crippen molar-refractivity contribution < 1.29 is 0 Å². The van der Waals surface area contributed by atoms with Crippen LogP contribution in [0, 0.1) is 0 Å². The summed E-state index contributed by atoms with van der Waals surface area (Å²) in [6, 6.07) is 18.2. The Morgan fingerprint density at radius 2 is 1.65 bits per heavy atom. The van der Waals surface area contributed by atoms with Gasteiger partial charge in [-0.1, -0.05) is 61.2 Å². The van der Waals surface area contributed by atoms with Crippen LogP contribution in [-0.4, -0.2) is 5.71 Å². The quantitative estimate of drug-likeness (QED) is 0.678. The molecule has 0 aliphatic rings. The van der Waals surface area contributed by atoms with E-state index in [1.165, 1.54) is 0 Å². The van der Waals surface area contributed by atoms with E-state index >= 15 is 0 Å². The third-order valence-corrected chi connectivity index (χ3v) is 2.64. The van der Waals surface area contributed by atoms with E-state index in [0.29, 0.717) is 0 Å². The predicted octanol–water partition coefficient (Wildman–Crippen LogP) is 4.47. The Kier molecular flexibility index (Phi) is 3.51. The maximum Gasteiger partial charge on any atom is 0.0705 e. The Hall–Kier alpha value is -2.15. The van der Waals surface area contributed by atoms with Crippen molar-refractivity contribution in [3.8, 4) is 0 Å². The summed E-state index contributed by atoms with van der Waals surface area (Å²) in [4.78, 5) is 4.65. The second-order valence-electron chi connectivity index (χ2n) is 3.83. The highest BCUT2D eigenvalue weighted by Gasteiger charge is 1.99. The molecule has 0 atom stereocenters. The van der Waals surface area contributed by atoms with E-state index in [0.717, 1.165) is 22.5 Å². The molecular weight excluding hydrogens is 206 g/mol. The first-order valence-corrected chi connectivity index (χ1v) is 5.63. The van der Waals surface area contributed by atoms with Gasteiger partial charge in [0.25, 0.3) is 0 Å². The number of nitrogens with zero attached hydrogens (tertiary/aromatic N) is 1. The molecule has 1 heteroatoms. The first kappa shape index (κ1) is 11.3. The van der Waals surface area contributed by atoms with Crippen molar-refractivity contribution in [3.63, 3.8) is 0 Å². The molecule has 0 aliphatic heterocycles. The van der Waals surface area contributed by atoms with Gasteiger partial charge in [0, 0.05) is 5.71 Å². The Balaban J connectivity index is 2.39. The molecule has 0 heterocycles. The van der Waals surface area contributed by atoms with Gasteiger partial charge < -0.3 is 0 Å². The summed E-state index contributed by atoms with van der Waals surface area (Å²) >= 11 is 0. The summed E-state index contributed by atoms with van der Waals surface area (Å²) in [5.74, 6) is 0. The summed E-state index contributed by atoms with van der Waals surface area (Å²) in [5.41, 5.74) is 4.18. The molecule has 0 bridgehead atoms. The lowest BCUT2D eigenvalue weighted by atomic mass is 10.1. The maximum absolute atomic E-state index is 4.65. The first-order valence-electron chi connectivity index (χ1n) is 5.63. The molecule has 0 aliphatic carbocycles. The number of hydrogen-bond acceptors (Lipinski definition) is 1. The predicted molar refractivity (Wildman–Crippen MR) is 74.8 cm³/mol. The van der Waals surface area contributed by atoms with Gasteiger partial charge in [0.1, 0.15) is 0 Å². The zero-order chi connectivity index (χ0) is 12.1. The second-order valence-corrected chi connectivity index (χ2v) is 3.83. The number of para-hydroxylation sites is 1. The van der Waals surface area contributed by atoms with Crippen molar-refractivity contribution in [1.29, 1.82) is 0 Å². The van der Waals surface area contributed by atoms with Gasteiger partial charge in [0.2, 0.25) is 0 Å². The van der Waals surface area contributed by atoms with Gasteiger partial charge in [0.05, 0.1) is 5.69 Å². The van der Waals surface area contributed by atoms with Gasteiger partial charge in [-0.05, 0) is 24.1 Å². The van der Waals surface area contributed by atoms with Crippen LogP contribution in [0.25, 0.3) is 6.08 Å². The van der Waals surface area contributed by atoms with E-state index in [1.807, 2.05) is 55.5 Å². The van der Waals surface area contributed by atoms with Gasteiger partial charge >= 0.3 is 0 Å². The maximum atomic E-state index is 4.65. The van der Waals surface area contributed by atoms with Crippen molar-refractivity contribution in [2.24, 2.45) is 4.99 Å². The van der Waals surface area contributed by atoms with Crippen LogP contribution >= 0.6 is 0 Å². The van der Waals surface area contributed by atoms with Gasteiger partial charge in [-0.25, -0.2) is 0 Å². The van der Waals surface area contributed by atoms with E-state index in [1.54, 1.807) is 0 Å². The molecule has 2 aromatic rings. The Labute approximate surface area is 102 Å². The van der Waals surface area contributed by atoms with Crippen LogP contribution < -0.4 is 0 Å². The lowest BCUT2D eigenvalue weighted by Gasteiger charge is -2.03. The summed E-state index contributed by atoms with van der Waals surface area (Å²) in [6.07, 6.45) is 1.83. The van der Waals surface area contributed by atoms with Gasteiger partial charge in [-0.3, -0.25) is 4.99 Å². The highest BCUT2D eigenvalue weighted by Crippen LogP contribution is 2.20. The van der Waals surface area contributed by atoms with E-state index in [-0.39, 0.29) is 0 Å². The zero-order valence-corrected chi connectivity index (χ0v) is 9.93. The SMILES string of the molecule is C=Cc1ccccc1/N=C(\C)c1ccccc1. The molecule has 0 N–H and O–H groups in total. The van der Waals surface area contributed by atoms with Crippen molar-refractivity contribution in [2.75, 3.05) is 0 Å². The Morgan fingerprint density at radius 3 is 2.35 bits per heavy atom. The molecular formula is C16H15N.